The SMILES string of the molecule is CN=C(N)N1CCCC2C(=O)NCC21. The van der Waals surface area contributed by atoms with Gasteiger partial charge in [0.1, 0.15) is 0 Å². The standard InChI is InChI=1S/C9H16N4O/c1-11-9(10)13-4-2-3-6-7(13)5-12-8(6)14/h6-7H,2-5H2,1H3,(H2,10,11)(H,12,14). The molecule has 2 rings (SSSR count). The smallest absolute Gasteiger partial charge is 0.225 e. The third-order valence-electron chi connectivity index (χ3n) is 3.12. The molecule has 3 N–H and O–H groups in total. The van der Waals surface area contributed by atoms with Crippen LogP contribution in [0.25, 0.3) is 0 Å². The number of hydrogen-bond acceptors (Lipinski definition) is 2. The maximum atomic E-state index is 11.4. The number of likely N-dealkylation sites (tertiary alicyclic amines) is 1. The summed E-state index contributed by atoms with van der Waals surface area (Å²) in [6, 6.07) is 0.222. The first kappa shape index (κ1) is 9.30. The van der Waals surface area contributed by atoms with Crippen LogP contribution < -0.4 is 11.1 Å². The van der Waals surface area contributed by atoms with Crippen molar-refractivity contribution in [2.24, 2.45) is 16.6 Å². The molecule has 0 radical (unpaired) electrons. The monoisotopic (exact) mass is 196 g/mol. The predicted octanol–water partition coefficient (Wildman–Crippen LogP) is -0.859. The second-order valence-electron chi connectivity index (χ2n) is 3.84. The average molecular weight is 196 g/mol. The fourth-order valence-corrected chi connectivity index (χ4v) is 2.36. The molecular formula is C9H16N4O. The highest BCUT2D eigenvalue weighted by Crippen LogP contribution is 2.26. The van der Waals surface area contributed by atoms with E-state index >= 15 is 0 Å². The van der Waals surface area contributed by atoms with Crippen molar-refractivity contribution < 1.29 is 4.79 Å². The quantitative estimate of drug-likeness (QED) is 0.391. The van der Waals surface area contributed by atoms with E-state index in [-0.39, 0.29) is 17.9 Å². The zero-order valence-corrected chi connectivity index (χ0v) is 8.36. The van der Waals surface area contributed by atoms with Gasteiger partial charge in [0.05, 0.1) is 12.0 Å². The topological polar surface area (TPSA) is 70.7 Å². The molecule has 0 aromatic heterocycles. The Morgan fingerprint density at radius 3 is 3.21 bits per heavy atom. The van der Waals surface area contributed by atoms with Crippen molar-refractivity contribution in [3.05, 3.63) is 0 Å². The molecule has 2 atom stereocenters. The molecular weight excluding hydrogens is 180 g/mol. The van der Waals surface area contributed by atoms with Crippen molar-refractivity contribution >= 4 is 11.9 Å². The van der Waals surface area contributed by atoms with Crippen molar-refractivity contribution in [1.82, 2.24) is 10.2 Å². The molecule has 2 saturated heterocycles. The van der Waals surface area contributed by atoms with Gasteiger partial charge in [0, 0.05) is 20.1 Å². The molecule has 2 aliphatic heterocycles. The Morgan fingerprint density at radius 2 is 2.50 bits per heavy atom. The summed E-state index contributed by atoms with van der Waals surface area (Å²) >= 11 is 0. The molecule has 2 aliphatic rings. The minimum atomic E-state index is 0.115. The Kier molecular flexibility index (Phi) is 2.31. The van der Waals surface area contributed by atoms with Gasteiger partial charge in [0.15, 0.2) is 5.96 Å². The Hall–Kier alpha value is -1.26. The van der Waals surface area contributed by atoms with E-state index < -0.39 is 0 Å². The van der Waals surface area contributed by atoms with Gasteiger partial charge in [-0.3, -0.25) is 9.79 Å². The summed E-state index contributed by atoms with van der Waals surface area (Å²) in [5, 5.41) is 2.88. The van der Waals surface area contributed by atoms with Crippen LogP contribution in [0.1, 0.15) is 12.8 Å². The van der Waals surface area contributed by atoms with E-state index in [1.165, 1.54) is 0 Å². The van der Waals surface area contributed by atoms with Gasteiger partial charge in [-0.1, -0.05) is 0 Å². The molecule has 14 heavy (non-hydrogen) atoms. The van der Waals surface area contributed by atoms with Crippen LogP contribution in [0, 0.1) is 5.92 Å². The lowest BCUT2D eigenvalue weighted by Crippen LogP contribution is -2.51. The Bertz CT molecular complexity index is 276. The minimum absolute atomic E-state index is 0.115. The molecule has 1 amide bonds. The summed E-state index contributed by atoms with van der Waals surface area (Å²) in [4.78, 5) is 17.5. The molecule has 0 spiro atoms. The van der Waals surface area contributed by atoms with E-state index in [1.807, 2.05) is 4.90 Å². The number of nitrogens with zero attached hydrogens (tertiary/aromatic N) is 2. The lowest BCUT2D eigenvalue weighted by molar-refractivity contribution is -0.123. The summed E-state index contributed by atoms with van der Waals surface area (Å²) in [5.74, 6) is 0.837. The normalized spacial score (nSPS) is 32.8. The average Bonchev–Trinajstić information content (AvgIpc) is 2.59. The van der Waals surface area contributed by atoms with E-state index in [1.54, 1.807) is 7.05 Å². The zero-order valence-electron chi connectivity index (χ0n) is 8.36. The van der Waals surface area contributed by atoms with Crippen LogP contribution in [0.2, 0.25) is 0 Å². The number of guanidine groups is 1. The molecule has 2 unspecified atom stereocenters. The number of amides is 1. The molecule has 2 heterocycles. The molecule has 78 valence electrons. The van der Waals surface area contributed by atoms with E-state index in [0.717, 1.165) is 19.4 Å². The predicted molar refractivity (Wildman–Crippen MR) is 53.8 cm³/mol. The number of fused-ring (bicyclic) bond motifs is 1. The molecule has 0 bridgehead atoms. The zero-order chi connectivity index (χ0) is 10.1. The summed E-state index contributed by atoms with van der Waals surface area (Å²) in [5.41, 5.74) is 5.79. The van der Waals surface area contributed by atoms with Gasteiger partial charge in [-0.2, -0.15) is 0 Å². The largest absolute Gasteiger partial charge is 0.370 e. The minimum Gasteiger partial charge on any atom is -0.370 e. The maximum Gasteiger partial charge on any atom is 0.225 e. The Labute approximate surface area is 83.4 Å². The van der Waals surface area contributed by atoms with Gasteiger partial charge < -0.3 is 16.0 Å². The number of rotatable bonds is 0. The molecule has 0 aromatic carbocycles. The highest BCUT2D eigenvalue weighted by Gasteiger charge is 2.41. The number of carbonyl (C=O) groups excluding carboxylic acids is 1. The van der Waals surface area contributed by atoms with Crippen LogP contribution in [0.5, 0.6) is 0 Å². The second kappa shape index (κ2) is 3.48. The Morgan fingerprint density at radius 1 is 1.71 bits per heavy atom. The van der Waals surface area contributed by atoms with Crippen LogP contribution in [-0.2, 0) is 4.79 Å². The molecule has 5 nitrogen and oxygen atoms in total. The van der Waals surface area contributed by atoms with E-state index in [2.05, 4.69) is 10.3 Å². The van der Waals surface area contributed by atoms with Crippen LogP contribution in [0.3, 0.4) is 0 Å². The molecule has 2 fully saturated rings. The Balaban J connectivity index is 2.16. The number of hydrogen-bond donors (Lipinski definition) is 2. The van der Waals surface area contributed by atoms with Crippen LogP contribution in [0.15, 0.2) is 4.99 Å². The molecule has 0 aliphatic carbocycles. The highest BCUT2D eigenvalue weighted by molar-refractivity contribution is 5.85. The van der Waals surface area contributed by atoms with Crippen molar-refractivity contribution in [2.75, 3.05) is 20.1 Å². The summed E-state index contributed by atoms with van der Waals surface area (Å²) < 4.78 is 0. The summed E-state index contributed by atoms with van der Waals surface area (Å²) in [6.07, 6.45) is 1.99. The number of piperidine rings is 1. The van der Waals surface area contributed by atoms with Crippen molar-refractivity contribution in [2.45, 2.75) is 18.9 Å². The first-order valence-electron chi connectivity index (χ1n) is 5.00. The number of aliphatic imine (C=N–C) groups is 1. The van der Waals surface area contributed by atoms with Gasteiger partial charge in [-0.05, 0) is 12.8 Å². The van der Waals surface area contributed by atoms with E-state index in [9.17, 15) is 4.79 Å². The fourth-order valence-electron chi connectivity index (χ4n) is 2.36. The first-order chi connectivity index (χ1) is 6.74. The number of nitrogens with one attached hydrogen (secondary N) is 1. The fraction of sp³-hybridized carbons (Fsp3) is 0.778. The van der Waals surface area contributed by atoms with Crippen molar-refractivity contribution in [1.29, 1.82) is 0 Å². The van der Waals surface area contributed by atoms with Crippen LogP contribution >= 0.6 is 0 Å². The van der Waals surface area contributed by atoms with Crippen LogP contribution in [-0.4, -0.2) is 42.9 Å². The third-order valence-corrected chi connectivity index (χ3v) is 3.12. The summed E-state index contributed by atoms with van der Waals surface area (Å²) in [6.45, 7) is 1.62. The second-order valence-corrected chi connectivity index (χ2v) is 3.84. The van der Waals surface area contributed by atoms with Gasteiger partial charge >= 0.3 is 0 Å². The third kappa shape index (κ3) is 1.32. The van der Waals surface area contributed by atoms with Gasteiger partial charge in [-0.15, -0.1) is 0 Å². The lowest BCUT2D eigenvalue weighted by atomic mass is 9.92. The lowest BCUT2D eigenvalue weighted by Gasteiger charge is -2.36. The first-order valence-corrected chi connectivity index (χ1v) is 5.00. The molecule has 5 heteroatoms. The van der Waals surface area contributed by atoms with Gasteiger partial charge in [0.25, 0.3) is 0 Å². The van der Waals surface area contributed by atoms with Crippen LogP contribution in [0.4, 0.5) is 0 Å². The van der Waals surface area contributed by atoms with Gasteiger partial charge in [-0.25, -0.2) is 0 Å². The number of nitrogens with two attached hydrogens (primary N) is 1. The van der Waals surface area contributed by atoms with Crippen molar-refractivity contribution in [3.8, 4) is 0 Å². The maximum absolute atomic E-state index is 11.4. The van der Waals surface area contributed by atoms with E-state index in [4.69, 9.17) is 5.73 Å². The highest BCUT2D eigenvalue weighted by atomic mass is 16.2. The van der Waals surface area contributed by atoms with Crippen molar-refractivity contribution in [3.63, 3.8) is 0 Å². The summed E-state index contributed by atoms with van der Waals surface area (Å²) in [7, 11) is 1.68. The number of carbonyl (C=O) groups is 1. The molecule has 0 saturated carbocycles. The van der Waals surface area contributed by atoms with Gasteiger partial charge in [0.2, 0.25) is 5.91 Å². The molecule has 0 aromatic rings. The van der Waals surface area contributed by atoms with E-state index in [0.29, 0.717) is 12.5 Å².